The fourth-order valence-corrected chi connectivity index (χ4v) is 2.15. The van der Waals surface area contributed by atoms with Crippen molar-refractivity contribution < 1.29 is 14.7 Å². The van der Waals surface area contributed by atoms with Gasteiger partial charge in [-0.2, -0.15) is 0 Å². The largest absolute Gasteiger partial charge is 0.481 e. The van der Waals surface area contributed by atoms with Crippen molar-refractivity contribution in [3.8, 4) is 0 Å². The Labute approximate surface area is 89.0 Å². The van der Waals surface area contributed by atoms with E-state index < -0.39 is 11.9 Å². The van der Waals surface area contributed by atoms with Gasteiger partial charge in [-0.15, -0.1) is 0 Å². The lowest BCUT2D eigenvalue weighted by Crippen LogP contribution is -2.41. The highest BCUT2D eigenvalue weighted by atomic mass is 16.4. The number of carboxylic acids is 1. The van der Waals surface area contributed by atoms with Crippen LogP contribution in [0.4, 0.5) is 0 Å². The number of carbonyl (C=O) groups excluding carboxylic acids is 1. The Balaban J connectivity index is 1.75. The number of amides is 1. The second-order valence-electron chi connectivity index (χ2n) is 4.78. The predicted octanol–water partition coefficient (Wildman–Crippen LogP) is 1.01. The third-order valence-electron chi connectivity index (χ3n) is 3.67. The van der Waals surface area contributed by atoms with Crippen LogP contribution in [0, 0.1) is 17.8 Å². The Morgan fingerprint density at radius 3 is 2.40 bits per heavy atom. The molecule has 3 atom stereocenters. The normalized spacial score (nSPS) is 31.5. The highest BCUT2D eigenvalue weighted by Crippen LogP contribution is 2.39. The standard InChI is InChI=1S/C11H17NO3/c1-6(7-3-2-4-7)12-10(13)8-5-9(8)11(14)15/h6-9H,2-5H2,1H3,(H,12,13)(H,14,15)/t6?,8-,9+/m1/s1. The highest BCUT2D eigenvalue weighted by Gasteiger charge is 2.48. The topological polar surface area (TPSA) is 66.4 Å². The first kappa shape index (κ1) is 10.5. The summed E-state index contributed by atoms with van der Waals surface area (Å²) in [5.74, 6) is -1.01. The van der Waals surface area contributed by atoms with Gasteiger partial charge in [0.2, 0.25) is 5.91 Å². The van der Waals surface area contributed by atoms with Crippen molar-refractivity contribution in [2.24, 2.45) is 17.8 Å². The smallest absolute Gasteiger partial charge is 0.307 e. The minimum atomic E-state index is -0.841. The van der Waals surface area contributed by atoms with Crippen molar-refractivity contribution in [2.45, 2.75) is 38.6 Å². The second-order valence-corrected chi connectivity index (χ2v) is 4.78. The molecule has 2 fully saturated rings. The van der Waals surface area contributed by atoms with Crippen molar-refractivity contribution in [1.29, 1.82) is 0 Å². The number of carbonyl (C=O) groups is 2. The van der Waals surface area contributed by atoms with Gasteiger partial charge < -0.3 is 10.4 Å². The molecule has 4 heteroatoms. The molecule has 0 aliphatic heterocycles. The molecule has 0 aromatic heterocycles. The molecule has 0 aromatic rings. The lowest BCUT2D eigenvalue weighted by molar-refractivity contribution is -0.140. The molecule has 0 saturated heterocycles. The molecule has 0 spiro atoms. The van der Waals surface area contributed by atoms with Crippen LogP contribution in [0.3, 0.4) is 0 Å². The predicted molar refractivity (Wildman–Crippen MR) is 54.2 cm³/mol. The molecule has 84 valence electrons. The Kier molecular flexibility index (Phi) is 2.67. The molecule has 0 bridgehead atoms. The number of hydrogen-bond donors (Lipinski definition) is 2. The van der Waals surface area contributed by atoms with E-state index in [4.69, 9.17) is 5.11 Å². The minimum absolute atomic E-state index is 0.0678. The van der Waals surface area contributed by atoms with E-state index in [9.17, 15) is 9.59 Å². The van der Waals surface area contributed by atoms with Gasteiger partial charge in [-0.05, 0) is 32.1 Å². The van der Waals surface area contributed by atoms with E-state index in [1.54, 1.807) is 0 Å². The maximum Gasteiger partial charge on any atom is 0.307 e. The quantitative estimate of drug-likeness (QED) is 0.729. The van der Waals surface area contributed by atoms with Crippen LogP contribution in [0.2, 0.25) is 0 Å². The van der Waals surface area contributed by atoms with Crippen molar-refractivity contribution in [2.75, 3.05) is 0 Å². The van der Waals surface area contributed by atoms with Gasteiger partial charge >= 0.3 is 5.97 Å². The molecule has 15 heavy (non-hydrogen) atoms. The zero-order valence-corrected chi connectivity index (χ0v) is 8.90. The van der Waals surface area contributed by atoms with Gasteiger partial charge in [0, 0.05) is 6.04 Å². The monoisotopic (exact) mass is 211 g/mol. The molecule has 0 aromatic carbocycles. The highest BCUT2D eigenvalue weighted by molar-refractivity contribution is 5.89. The molecular formula is C11H17NO3. The van der Waals surface area contributed by atoms with Crippen molar-refractivity contribution in [1.82, 2.24) is 5.32 Å². The molecule has 1 unspecified atom stereocenters. The Morgan fingerprint density at radius 1 is 1.33 bits per heavy atom. The summed E-state index contributed by atoms with van der Waals surface area (Å²) in [6.45, 7) is 2.01. The Morgan fingerprint density at radius 2 is 2.00 bits per heavy atom. The molecule has 4 nitrogen and oxygen atoms in total. The average Bonchev–Trinajstić information content (AvgIpc) is 2.77. The summed E-state index contributed by atoms with van der Waals surface area (Å²) in [6.07, 6.45) is 4.15. The lowest BCUT2D eigenvalue weighted by atomic mass is 9.80. The van der Waals surface area contributed by atoms with Crippen molar-refractivity contribution in [3.63, 3.8) is 0 Å². The van der Waals surface area contributed by atoms with E-state index in [-0.39, 0.29) is 17.9 Å². The van der Waals surface area contributed by atoms with Crippen LogP contribution >= 0.6 is 0 Å². The fraction of sp³-hybridized carbons (Fsp3) is 0.818. The molecular weight excluding hydrogens is 194 g/mol. The molecule has 2 aliphatic carbocycles. The van der Waals surface area contributed by atoms with Crippen LogP contribution in [0.15, 0.2) is 0 Å². The van der Waals surface area contributed by atoms with Crippen molar-refractivity contribution in [3.05, 3.63) is 0 Å². The zero-order valence-electron chi connectivity index (χ0n) is 8.90. The zero-order chi connectivity index (χ0) is 11.0. The van der Waals surface area contributed by atoms with Crippen LogP contribution in [-0.2, 0) is 9.59 Å². The van der Waals surface area contributed by atoms with E-state index in [2.05, 4.69) is 5.32 Å². The van der Waals surface area contributed by atoms with Gasteiger partial charge in [-0.3, -0.25) is 9.59 Å². The van der Waals surface area contributed by atoms with Crippen LogP contribution in [0.5, 0.6) is 0 Å². The van der Waals surface area contributed by atoms with Gasteiger partial charge in [0.15, 0.2) is 0 Å². The average molecular weight is 211 g/mol. The van der Waals surface area contributed by atoms with Gasteiger partial charge in [-0.1, -0.05) is 6.42 Å². The van der Waals surface area contributed by atoms with E-state index in [1.165, 1.54) is 19.3 Å². The van der Waals surface area contributed by atoms with Gasteiger partial charge in [0.05, 0.1) is 11.8 Å². The third-order valence-corrected chi connectivity index (χ3v) is 3.67. The van der Waals surface area contributed by atoms with E-state index in [0.29, 0.717) is 12.3 Å². The van der Waals surface area contributed by atoms with Crippen LogP contribution in [0.25, 0.3) is 0 Å². The SMILES string of the molecule is CC(NC(=O)[C@@H]1C[C@@H]1C(=O)O)C1CCC1. The van der Waals surface area contributed by atoms with Crippen LogP contribution < -0.4 is 5.32 Å². The third kappa shape index (κ3) is 2.13. The number of hydrogen-bond acceptors (Lipinski definition) is 2. The first-order valence-corrected chi connectivity index (χ1v) is 5.62. The maximum atomic E-state index is 11.6. The summed E-state index contributed by atoms with van der Waals surface area (Å²) < 4.78 is 0. The number of carboxylic acid groups (broad SMARTS) is 1. The summed E-state index contributed by atoms with van der Waals surface area (Å²) in [7, 11) is 0. The van der Waals surface area contributed by atoms with E-state index >= 15 is 0 Å². The second kappa shape index (κ2) is 3.83. The number of aliphatic carboxylic acids is 1. The molecule has 0 radical (unpaired) electrons. The summed E-state index contributed by atoms with van der Waals surface area (Å²) in [5, 5.41) is 11.6. The summed E-state index contributed by atoms with van der Waals surface area (Å²) in [6, 6.07) is 0.210. The molecule has 2 N–H and O–H groups in total. The van der Waals surface area contributed by atoms with E-state index in [0.717, 1.165) is 0 Å². The summed E-state index contributed by atoms with van der Waals surface area (Å²) >= 11 is 0. The minimum Gasteiger partial charge on any atom is -0.481 e. The maximum absolute atomic E-state index is 11.6. The fourth-order valence-electron chi connectivity index (χ4n) is 2.15. The van der Waals surface area contributed by atoms with Gasteiger partial charge in [-0.25, -0.2) is 0 Å². The van der Waals surface area contributed by atoms with Gasteiger partial charge in [0.25, 0.3) is 0 Å². The van der Waals surface area contributed by atoms with Crippen molar-refractivity contribution >= 4 is 11.9 Å². The number of nitrogens with one attached hydrogen (secondary N) is 1. The summed E-state index contributed by atoms with van der Waals surface area (Å²) in [5.41, 5.74) is 0. The Bertz CT molecular complexity index is 286. The molecule has 1 amide bonds. The molecule has 2 saturated carbocycles. The Hall–Kier alpha value is -1.06. The first-order valence-electron chi connectivity index (χ1n) is 5.62. The van der Waals surface area contributed by atoms with Crippen LogP contribution in [-0.4, -0.2) is 23.0 Å². The van der Waals surface area contributed by atoms with Gasteiger partial charge in [0.1, 0.15) is 0 Å². The van der Waals surface area contributed by atoms with E-state index in [1.807, 2.05) is 6.92 Å². The van der Waals surface area contributed by atoms with Crippen LogP contribution in [0.1, 0.15) is 32.6 Å². The number of rotatable bonds is 4. The molecule has 2 rings (SSSR count). The molecule has 2 aliphatic rings. The summed E-state index contributed by atoms with van der Waals surface area (Å²) in [4.78, 5) is 22.2. The lowest BCUT2D eigenvalue weighted by Gasteiger charge is -2.31. The first-order chi connectivity index (χ1) is 7.09. The molecule has 0 heterocycles.